The van der Waals surface area contributed by atoms with Gasteiger partial charge in [0.2, 0.25) is 0 Å². The lowest BCUT2D eigenvalue weighted by molar-refractivity contribution is -0.147. The molecular formula is C15H28O3. The molecule has 0 radical (unpaired) electrons. The molecule has 0 bridgehead atoms. The van der Waals surface area contributed by atoms with Crippen molar-refractivity contribution < 1.29 is 14.6 Å². The molecule has 2 unspecified atom stereocenters. The van der Waals surface area contributed by atoms with Gasteiger partial charge in [0.15, 0.2) is 0 Å². The van der Waals surface area contributed by atoms with Gasteiger partial charge < -0.3 is 14.6 Å². The average molecular weight is 256 g/mol. The maximum absolute atomic E-state index is 11.0. The summed E-state index contributed by atoms with van der Waals surface area (Å²) in [6.45, 7) is 6.64. The molecule has 3 heteroatoms. The molecule has 0 aliphatic carbocycles. The zero-order valence-corrected chi connectivity index (χ0v) is 11.9. The lowest BCUT2D eigenvalue weighted by Gasteiger charge is -2.45. The minimum absolute atomic E-state index is 0.0849. The Balaban J connectivity index is 2.05. The summed E-state index contributed by atoms with van der Waals surface area (Å²) < 4.78 is 11.5. The molecule has 1 N–H and O–H groups in total. The fourth-order valence-electron chi connectivity index (χ4n) is 3.75. The normalized spacial score (nSPS) is 33.2. The Bertz CT molecular complexity index is 252. The minimum atomic E-state index is -0.483. The van der Waals surface area contributed by atoms with Crippen molar-refractivity contribution in [1.82, 2.24) is 0 Å². The summed E-state index contributed by atoms with van der Waals surface area (Å²) in [5.41, 5.74) is -0.568. The maximum Gasteiger partial charge on any atom is 0.0940 e. The highest BCUT2D eigenvalue weighted by molar-refractivity contribution is 4.97. The molecule has 0 aromatic rings. The monoisotopic (exact) mass is 256 g/mol. The Morgan fingerprint density at radius 2 is 1.94 bits per heavy atom. The van der Waals surface area contributed by atoms with Crippen molar-refractivity contribution in [2.24, 2.45) is 5.92 Å². The first-order valence-electron chi connectivity index (χ1n) is 7.58. The fourth-order valence-corrected chi connectivity index (χ4v) is 3.75. The number of hydrogen-bond acceptors (Lipinski definition) is 3. The molecule has 0 saturated carbocycles. The van der Waals surface area contributed by atoms with Crippen molar-refractivity contribution in [1.29, 1.82) is 0 Å². The van der Waals surface area contributed by atoms with E-state index in [1.165, 1.54) is 0 Å². The maximum atomic E-state index is 11.0. The molecule has 2 fully saturated rings. The van der Waals surface area contributed by atoms with E-state index in [0.717, 1.165) is 64.8 Å². The van der Waals surface area contributed by atoms with Crippen LogP contribution in [0.25, 0.3) is 0 Å². The first kappa shape index (κ1) is 14.3. The van der Waals surface area contributed by atoms with Gasteiger partial charge >= 0.3 is 0 Å². The van der Waals surface area contributed by atoms with E-state index in [0.29, 0.717) is 5.92 Å². The summed E-state index contributed by atoms with van der Waals surface area (Å²) in [6, 6.07) is 0. The van der Waals surface area contributed by atoms with E-state index in [1.54, 1.807) is 0 Å². The van der Waals surface area contributed by atoms with E-state index in [1.807, 2.05) is 0 Å². The van der Waals surface area contributed by atoms with Crippen LogP contribution in [0, 0.1) is 5.92 Å². The van der Waals surface area contributed by atoms with Gasteiger partial charge in [-0.25, -0.2) is 0 Å². The molecule has 2 saturated heterocycles. The van der Waals surface area contributed by atoms with Crippen LogP contribution < -0.4 is 0 Å². The lowest BCUT2D eigenvalue weighted by Crippen LogP contribution is -2.49. The third-order valence-corrected chi connectivity index (χ3v) is 4.69. The zero-order chi connectivity index (χ0) is 13.1. The van der Waals surface area contributed by atoms with Gasteiger partial charge in [-0.2, -0.15) is 0 Å². The summed E-state index contributed by atoms with van der Waals surface area (Å²) in [4.78, 5) is 0. The van der Waals surface area contributed by atoms with Crippen molar-refractivity contribution in [2.75, 3.05) is 19.8 Å². The third-order valence-electron chi connectivity index (χ3n) is 4.69. The largest absolute Gasteiger partial charge is 0.390 e. The molecule has 3 nitrogen and oxygen atoms in total. The van der Waals surface area contributed by atoms with Crippen LogP contribution in [0.15, 0.2) is 0 Å². The molecule has 2 rings (SSSR count). The standard InChI is InChI=1S/C15H28O3/c1-3-6-15(16,7-4-2)13-5-9-18-14(11-13)8-10-17-12-14/h13,16H,3-12H2,1-2H3. The van der Waals surface area contributed by atoms with Crippen LogP contribution in [0.2, 0.25) is 0 Å². The van der Waals surface area contributed by atoms with Gasteiger partial charge in [0.1, 0.15) is 0 Å². The molecule has 0 amide bonds. The smallest absolute Gasteiger partial charge is 0.0940 e. The first-order valence-corrected chi connectivity index (χ1v) is 7.58. The second-order valence-electron chi connectivity index (χ2n) is 6.13. The van der Waals surface area contributed by atoms with Crippen molar-refractivity contribution in [3.8, 4) is 0 Å². The predicted octanol–water partition coefficient (Wildman–Crippen LogP) is 2.90. The summed E-state index contributed by atoms with van der Waals surface area (Å²) in [5.74, 6) is 0.382. The van der Waals surface area contributed by atoms with Crippen LogP contribution in [0.4, 0.5) is 0 Å². The molecule has 106 valence electrons. The van der Waals surface area contributed by atoms with Crippen LogP contribution in [-0.4, -0.2) is 36.1 Å². The molecule has 2 aliphatic rings. The molecule has 2 aliphatic heterocycles. The van der Waals surface area contributed by atoms with Gasteiger partial charge in [0.25, 0.3) is 0 Å². The van der Waals surface area contributed by atoms with Gasteiger partial charge in [0.05, 0.1) is 17.8 Å². The average Bonchev–Trinajstić information content (AvgIpc) is 2.78. The van der Waals surface area contributed by atoms with Crippen molar-refractivity contribution in [2.45, 2.75) is 70.0 Å². The SMILES string of the molecule is CCCC(O)(CCC)C1CCOC2(CCOC2)C1. The molecular weight excluding hydrogens is 228 g/mol. The van der Waals surface area contributed by atoms with Crippen molar-refractivity contribution in [3.63, 3.8) is 0 Å². The van der Waals surface area contributed by atoms with E-state index in [9.17, 15) is 5.11 Å². The van der Waals surface area contributed by atoms with Gasteiger partial charge in [-0.15, -0.1) is 0 Å². The third kappa shape index (κ3) is 2.89. The predicted molar refractivity (Wildman–Crippen MR) is 71.6 cm³/mol. The Morgan fingerprint density at radius 1 is 1.22 bits per heavy atom. The molecule has 2 heterocycles. The number of ether oxygens (including phenoxy) is 2. The zero-order valence-electron chi connectivity index (χ0n) is 11.9. The van der Waals surface area contributed by atoms with Crippen molar-refractivity contribution in [3.05, 3.63) is 0 Å². The van der Waals surface area contributed by atoms with E-state index in [-0.39, 0.29) is 5.60 Å². The first-order chi connectivity index (χ1) is 8.64. The number of rotatable bonds is 5. The number of aliphatic hydroxyl groups is 1. The van der Waals surface area contributed by atoms with E-state index in [4.69, 9.17) is 9.47 Å². The molecule has 2 atom stereocenters. The Labute approximate surface area is 111 Å². The lowest BCUT2D eigenvalue weighted by atomic mass is 9.71. The Hall–Kier alpha value is -0.120. The molecule has 0 aromatic heterocycles. The summed E-state index contributed by atoms with van der Waals surface area (Å²) >= 11 is 0. The topological polar surface area (TPSA) is 38.7 Å². The highest BCUT2D eigenvalue weighted by Crippen LogP contribution is 2.43. The molecule has 18 heavy (non-hydrogen) atoms. The second-order valence-corrected chi connectivity index (χ2v) is 6.13. The quantitative estimate of drug-likeness (QED) is 0.822. The van der Waals surface area contributed by atoms with Crippen molar-refractivity contribution >= 4 is 0 Å². The Kier molecular flexibility index (Phi) is 4.68. The summed E-state index contributed by atoms with van der Waals surface area (Å²) in [6.07, 6.45) is 6.92. The minimum Gasteiger partial charge on any atom is -0.390 e. The van der Waals surface area contributed by atoms with Gasteiger partial charge in [0, 0.05) is 19.6 Å². The van der Waals surface area contributed by atoms with Crippen LogP contribution in [0.5, 0.6) is 0 Å². The molecule has 1 spiro atoms. The second kappa shape index (κ2) is 5.89. The summed E-state index contributed by atoms with van der Waals surface area (Å²) in [5, 5.41) is 11.0. The van der Waals surface area contributed by atoms with Crippen LogP contribution in [0.1, 0.15) is 58.8 Å². The van der Waals surface area contributed by atoms with Gasteiger partial charge in [-0.3, -0.25) is 0 Å². The highest BCUT2D eigenvalue weighted by atomic mass is 16.6. The molecule has 0 aromatic carbocycles. The van der Waals surface area contributed by atoms with E-state index < -0.39 is 5.60 Å². The van der Waals surface area contributed by atoms with E-state index >= 15 is 0 Å². The number of hydrogen-bond donors (Lipinski definition) is 1. The fraction of sp³-hybridized carbons (Fsp3) is 1.00. The summed E-state index contributed by atoms with van der Waals surface area (Å²) in [7, 11) is 0. The van der Waals surface area contributed by atoms with E-state index in [2.05, 4.69) is 13.8 Å². The highest BCUT2D eigenvalue weighted by Gasteiger charge is 2.46. The van der Waals surface area contributed by atoms with Crippen LogP contribution in [-0.2, 0) is 9.47 Å². The van der Waals surface area contributed by atoms with Gasteiger partial charge in [-0.1, -0.05) is 26.7 Å². The van der Waals surface area contributed by atoms with Crippen LogP contribution >= 0.6 is 0 Å². The van der Waals surface area contributed by atoms with Crippen LogP contribution in [0.3, 0.4) is 0 Å². The van der Waals surface area contributed by atoms with Gasteiger partial charge in [-0.05, 0) is 31.6 Å². The Morgan fingerprint density at radius 3 is 2.50 bits per heavy atom.